The van der Waals surface area contributed by atoms with Crippen LogP contribution in [0.4, 0.5) is 0 Å². The summed E-state index contributed by atoms with van der Waals surface area (Å²) < 4.78 is 18.3. The summed E-state index contributed by atoms with van der Waals surface area (Å²) in [7, 11) is 0. The smallest absolute Gasteiger partial charge is 0.203 e. The van der Waals surface area contributed by atoms with Crippen molar-refractivity contribution < 1.29 is 24.1 Å². The Bertz CT molecular complexity index is 1210. The number of hydrogen-bond acceptors (Lipinski definition) is 5. The molecule has 0 amide bonds. The van der Waals surface area contributed by atoms with E-state index in [-0.39, 0.29) is 24.6 Å². The maximum atomic E-state index is 13.3. The monoisotopic (exact) mass is 488 g/mol. The number of hydrogen-bond donors (Lipinski definition) is 1. The van der Waals surface area contributed by atoms with Gasteiger partial charge in [-0.25, -0.2) is 0 Å². The molecule has 0 aliphatic carbocycles. The van der Waals surface area contributed by atoms with Crippen LogP contribution in [0, 0.1) is 6.92 Å². The summed E-state index contributed by atoms with van der Waals surface area (Å²) >= 11 is 0. The second-order valence-corrected chi connectivity index (χ2v) is 10.1. The first kappa shape index (κ1) is 25.8. The van der Waals surface area contributed by atoms with Crippen LogP contribution < -0.4 is 14.2 Å². The molecule has 0 bridgehead atoms. The summed E-state index contributed by atoms with van der Waals surface area (Å²) in [5, 5.41) is 9.90. The highest BCUT2D eigenvalue weighted by molar-refractivity contribution is 5.99. The van der Waals surface area contributed by atoms with Crippen molar-refractivity contribution in [2.75, 3.05) is 6.61 Å². The zero-order valence-corrected chi connectivity index (χ0v) is 21.7. The number of ketones is 1. The number of carbonyl (C=O) groups is 1. The first-order valence-corrected chi connectivity index (χ1v) is 12.7. The van der Waals surface area contributed by atoms with Crippen molar-refractivity contribution in [1.29, 1.82) is 0 Å². The average molecular weight is 489 g/mol. The molecule has 36 heavy (non-hydrogen) atoms. The Morgan fingerprint density at radius 1 is 1.03 bits per heavy atom. The van der Waals surface area contributed by atoms with Crippen LogP contribution in [0.1, 0.15) is 71.8 Å². The molecule has 0 unspecified atom stereocenters. The van der Waals surface area contributed by atoms with Crippen molar-refractivity contribution in [2.45, 2.75) is 72.2 Å². The maximum absolute atomic E-state index is 13.3. The molecule has 1 heterocycles. The molecule has 0 fully saturated rings. The topological polar surface area (TPSA) is 65.0 Å². The number of aliphatic hydroxyl groups excluding tert-OH is 1. The van der Waals surface area contributed by atoms with Gasteiger partial charge in [0.15, 0.2) is 6.61 Å². The molecule has 1 aliphatic heterocycles. The van der Waals surface area contributed by atoms with E-state index in [1.807, 2.05) is 36.4 Å². The second kappa shape index (κ2) is 11.2. The molecule has 0 saturated heterocycles. The predicted octanol–water partition coefficient (Wildman–Crippen LogP) is 6.38. The third-order valence-corrected chi connectivity index (χ3v) is 6.58. The lowest BCUT2D eigenvalue weighted by molar-refractivity contribution is 0.0813. The second-order valence-electron chi connectivity index (χ2n) is 10.1. The number of Topliss-reactive ketones (excluding diaryl/α,β-unsaturated/α-hetero) is 1. The van der Waals surface area contributed by atoms with Gasteiger partial charge in [-0.1, -0.05) is 49.2 Å². The first-order chi connectivity index (χ1) is 17.3. The summed E-state index contributed by atoms with van der Waals surface area (Å²) in [6, 6.07) is 17.6. The highest BCUT2D eigenvalue weighted by atomic mass is 16.5. The van der Waals surface area contributed by atoms with Crippen molar-refractivity contribution in [1.82, 2.24) is 0 Å². The third kappa shape index (κ3) is 6.08. The zero-order chi connectivity index (χ0) is 25.7. The van der Waals surface area contributed by atoms with Crippen LogP contribution in [0.25, 0.3) is 0 Å². The van der Waals surface area contributed by atoms with Gasteiger partial charge in [-0.2, -0.15) is 0 Å². The van der Waals surface area contributed by atoms with E-state index in [0.717, 1.165) is 48.1 Å². The van der Waals surface area contributed by atoms with Gasteiger partial charge in [0.1, 0.15) is 29.5 Å². The van der Waals surface area contributed by atoms with Crippen LogP contribution >= 0.6 is 0 Å². The van der Waals surface area contributed by atoms with Crippen molar-refractivity contribution >= 4 is 5.78 Å². The van der Waals surface area contributed by atoms with Crippen molar-refractivity contribution in [3.8, 4) is 17.2 Å². The standard InChI is InChI=1S/C31H36O5/c1-5-6-22-11-13-25(29(17-22)34-19-23-9-7-21(2)8-10-23)27(33)20-35-30-24(18-32)12-14-28-26(30)15-16-31(3,4)36-28/h7-14,17,32H,5-6,15-16,18-20H2,1-4H3. The van der Waals surface area contributed by atoms with E-state index in [4.69, 9.17) is 14.2 Å². The molecular formula is C31H36O5. The van der Waals surface area contributed by atoms with Crippen molar-refractivity contribution in [3.63, 3.8) is 0 Å². The van der Waals surface area contributed by atoms with Gasteiger partial charge < -0.3 is 19.3 Å². The van der Waals surface area contributed by atoms with Gasteiger partial charge in [-0.05, 0) is 75.4 Å². The Labute approximate surface area is 214 Å². The number of rotatable bonds is 10. The Morgan fingerprint density at radius 3 is 2.50 bits per heavy atom. The van der Waals surface area contributed by atoms with Gasteiger partial charge in [-0.3, -0.25) is 4.79 Å². The molecule has 3 aromatic carbocycles. The fraction of sp³-hybridized carbons (Fsp3) is 0.387. The predicted molar refractivity (Wildman–Crippen MR) is 141 cm³/mol. The molecule has 4 rings (SSSR count). The number of benzene rings is 3. The summed E-state index contributed by atoms with van der Waals surface area (Å²) in [5.41, 5.74) is 5.16. The molecule has 1 aliphatic rings. The Kier molecular flexibility index (Phi) is 8.00. The Hall–Kier alpha value is -3.31. The highest BCUT2D eigenvalue weighted by Crippen LogP contribution is 2.40. The van der Waals surface area contributed by atoms with E-state index in [1.165, 1.54) is 5.56 Å². The van der Waals surface area contributed by atoms with E-state index < -0.39 is 0 Å². The summed E-state index contributed by atoms with van der Waals surface area (Å²) in [6.07, 6.45) is 3.51. The number of fused-ring (bicyclic) bond motifs is 1. The molecular weight excluding hydrogens is 452 g/mol. The Balaban J connectivity index is 1.55. The van der Waals surface area contributed by atoms with Crippen molar-refractivity contribution in [2.24, 2.45) is 0 Å². The fourth-order valence-corrected chi connectivity index (χ4v) is 4.49. The minimum atomic E-state index is -0.259. The van der Waals surface area contributed by atoms with E-state index in [0.29, 0.717) is 29.2 Å². The van der Waals surface area contributed by atoms with E-state index in [2.05, 4.69) is 39.8 Å². The van der Waals surface area contributed by atoms with Gasteiger partial charge in [0.05, 0.1) is 12.2 Å². The average Bonchev–Trinajstić information content (AvgIpc) is 2.86. The summed E-state index contributed by atoms with van der Waals surface area (Å²) in [6.45, 7) is 8.35. The van der Waals surface area contributed by atoms with Gasteiger partial charge >= 0.3 is 0 Å². The van der Waals surface area contributed by atoms with E-state index in [1.54, 1.807) is 6.07 Å². The summed E-state index contributed by atoms with van der Waals surface area (Å²) in [5.74, 6) is 1.69. The third-order valence-electron chi connectivity index (χ3n) is 6.58. The van der Waals surface area contributed by atoms with E-state index >= 15 is 0 Å². The molecule has 3 aromatic rings. The Morgan fingerprint density at radius 2 is 1.78 bits per heavy atom. The lowest BCUT2D eigenvalue weighted by Crippen LogP contribution is -2.33. The summed E-state index contributed by atoms with van der Waals surface area (Å²) in [4.78, 5) is 13.3. The van der Waals surface area contributed by atoms with Gasteiger partial charge in [-0.15, -0.1) is 0 Å². The molecule has 0 saturated carbocycles. The quantitative estimate of drug-likeness (QED) is 0.335. The zero-order valence-electron chi connectivity index (χ0n) is 21.7. The van der Waals surface area contributed by atoms with Gasteiger partial charge in [0.2, 0.25) is 5.78 Å². The van der Waals surface area contributed by atoms with Crippen LogP contribution in [0.15, 0.2) is 54.6 Å². The van der Waals surface area contributed by atoms with Crippen LogP contribution in [-0.4, -0.2) is 23.1 Å². The number of ether oxygens (including phenoxy) is 3. The van der Waals surface area contributed by atoms with Crippen molar-refractivity contribution in [3.05, 3.63) is 88.0 Å². The molecule has 0 radical (unpaired) electrons. The largest absolute Gasteiger partial charge is 0.488 e. The minimum absolute atomic E-state index is 0.152. The normalized spacial score (nSPS) is 14.0. The minimum Gasteiger partial charge on any atom is -0.488 e. The first-order valence-electron chi connectivity index (χ1n) is 12.7. The van der Waals surface area contributed by atoms with Crippen LogP contribution in [-0.2, 0) is 26.1 Å². The van der Waals surface area contributed by atoms with Crippen LogP contribution in [0.3, 0.4) is 0 Å². The fourth-order valence-electron chi connectivity index (χ4n) is 4.49. The van der Waals surface area contributed by atoms with Crippen LogP contribution in [0.2, 0.25) is 0 Å². The van der Waals surface area contributed by atoms with Gasteiger partial charge in [0.25, 0.3) is 0 Å². The number of carbonyl (C=O) groups excluding carboxylic acids is 1. The molecule has 190 valence electrons. The lowest BCUT2D eigenvalue weighted by Gasteiger charge is -2.33. The SMILES string of the molecule is CCCc1ccc(C(=O)COc2c(CO)ccc3c2CCC(C)(C)O3)c(OCc2ccc(C)cc2)c1. The molecule has 0 spiro atoms. The highest BCUT2D eigenvalue weighted by Gasteiger charge is 2.30. The van der Waals surface area contributed by atoms with E-state index in [9.17, 15) is 9.90 Å². The number of aliphatic hydroxyl groups is 1. The lowest BCUT2D eigenvalue weighted by atomic mass is 9.92. The molecule has 0 atom stereocenters. The molecule has 0 aromatic heterocycles. The molecule has 5 nitrogen and oxygen atoms in total. The maximum Gasteiger partial charge on any atom is 0.203 e. The van der Waals surface area contributed by atoms with Gasteiger partial charge in [0, 0.05) is 11.1 Å². The van der Waals surface area contributed by atoms with Crippen LogP contribution in [0.5, 0.6) is 17.2 Å². The molecule has 1 N–H and O–H groups in total. The molecule has 5 heteroatoms. The number of aryl methyl sites for hydroxylation is 2.